The highest BCUT2D eigenvalue weighted by atomic mass is 32.1. The van der Waals surface area contributed by atoms with Gasteiger partial charge < -0.3 is 14.4 Å². The van der Waals surface area contributed by atoms with Gasteiger partial charge in [-0.2, -0.15) is 0 Å². The third-order valence-corrected chi connectivity index (χ3v) is 9.22. The Morgan fingerprint density at radius 3 is 1.95 bits per heavy atom. The van der Waals surface area contributed by atoms with E-state index in [1.54, 1.807) is 24.3 Å². The number of halogens is 2. The van der Waals surface area contributed by atoms with Crippen LogP contribution in [0, 0.1) is 32.4 Å². The van der Waals surface area contributed by atoms with E-state index in [1.165, 1.54) is 31.2 Å². The van der Waals surface area contributed by atoms with Gasteiger partial charge in [0.1, 0.15) is 28.1 Å². The minimum atomic E-state index is -0.648. The molecule has 216 valence electrons. The Morgan fingerprint density at radius 2 is 1.44 bits per heavy atom. The van der Waals surface area contributed by atoms with E-state index in [-0.39, 0.29) is 23.6 Å². The van der Waals surface area contributed by atoms with E-state index in [0.29, 0.717) is 18.8 Å². The lowest BCUT2D eigenvalue weighted by Crippen LogP contribution is -2.57. The summed E-state index contributed by atoms with van der Waals surface area (Å²) in [5.74, 6) is 0.549. The second kappa shape index (κ2) is 11.5. The van der Waals surface area contributed by atoms with E-state index in [1.807, 2.05) is 20.8 Å². The fourth-order valence-corrected chi connectivity index (χ4v) is 6.43. The van der Waals surface area contributed by atoms with Crippen LogP contribution in [0.15, 0.2) is 48.5 Å². The first-order valence-corrected chi connectivity index (χ1v) is 14.4. The molecule has 0 aromatic heterocycles. The third-order valence-electron chi connectivity index (χ3n) is 8.53. The predicted octanol–water partition coefficient (Wildman–Crippen LogP) is 6.63. The molecule has 2 aliphatic rings. The zero-order valence-corrected chi connectivity index (χ0v) is 25.0. The summed E-state index contributed by atoms with van der Waals surface area (Å²) in [5, 5.41) is 0. The Kier molecular flexibility index (Phi) is 8.17. The largest absolute Gasteiger partial charge is 0.480 e. The van der Waals surface area contributed by atoms with Crippen LogP contribution in [0.2, 0.25) is 0 Å². The Balaban J connectivity index is 1.34. The number of rotatable bonds is 5. The van der Waals surface area contributed by atoms with Crippen molar-refractivity contribution < 1.29 is 23.0 Å². The van der Waals surface area contributed by atoms with E-state index in [4.69, 9.17) is 21.7 Å². The lowest BCUT2D eigenvalue weighted by molar-refractivity contribution is -0.132. The second-order valence-corrected chi connectivity index (χ2v) is 11.7. The number of hydrogen-bond donors (Lipinski definition) is 0. The van der Waals surface area contributed by atoms with Gasteiger partial charge in [-0.15, -0.1) is 0 Å². The molecular formula is C33H36F2N2O3S. The average Bonchev–Trinajstić information content (AvgIpc) is 2.96. The molecule has 2 aliphatic heterocycles. The molecule has 0 radical (unpaired) electrons. The van der Waals surface area contributed by atoms with Crippen LogP contribution in [0.5, 0.6) is 11.5 Å². The van der Waals surface area contributed by atoms with Crippen LogP contribution in [0.3, 0.4) is 0 Å². The number of piperazine rings is 1. The Hall–Kier alpha value is -3.36. The molecule has 2 heterocycles. The number of carbonyl (C=O) groups excluding carboxylic acids is 1. The summed E-state index contributed by atoms with van der Waals surface area (Å²) in [5.41, 5.74) is 5.13. The molecule has 8 heteroatoms. The summed E-state index contributed by atoms with van der Waals surface area (Å²) in [6.45, 7) is 12.3. The quantitative estimate of drug-likeness (QED) is 0.192. The SMILES string of the molecule is CC(=O)Oc1c(C)c(C)c2c(c1C)CCC(C)(C(=S)N1CCN(C(c3ccc(F)cc3)c3ccc(F)cc3)CC1)O2. The van der Waals surface area contributed by atoms with Crippen molar-refractivity contribution in [3.63, 3.8) is 0 Å². The van der Waals surface area contributed by atoms with Gasteiger partial charge in [0, 0.05) is 38.7 Å². The van der Waals surface area contributed by atoms with Gasteiger partial charge in [0.25, 0.3) is 0 Å². The molecule has 41 heavy (non-hydrogen) atoms. The number of carbonyl (C=O) groups is 1. The number of thiocarbonyl (C=S) groups is 1. The maximum absolute atomic E-state index is 13.7. The van der Waals surface area contributed by atoms with Gasteiger partial charge in [-0.1, -0.05) is 36.5 Å². The molecule has 0 bridgehead atoms. The summed E-state index contributed by atoms with van der Waals surface area (Å²) in [6.07, 6.45) is 1.49. The monoisotopic (exact) mass is 578 g/mol. The first-order valence-electron chi connectivity index (χ1n) is 14.0. The maximum Gasteiger partial charge on any atom is 0.308 e. The molecule has 0 aliphatic carbocycles. The van der Waals surface area contributed by atoms with Crippen LogP contribution >= 0.6 is 12.2 Å². The maximum atomic E-state index is 13.7. The van der Waals surface area contributed by atoms with Gasteiger partial charge in [0.05, 0.1) is 6.04 Å². The number of benzene rings is 3. The minimum absolute atomic E-state index is 0.125. The summed E-state index contributed by atoms with van der Waals surface area (Å²) in [4.78, 5) is 17.1. The van der Waals surface area contributed by atoms with Crippen LogP contribution in [0.4, 0.5) is 8.78 Å². The molecule has 1 atom stereocenters. The zero-order valence-electron chi connectivity index (χ0n) is 24.2. The zero-order chi connectivity index (χ0) is 29.5. The number of hydrogen-bond acceptors (Lipinski definition) is 5. The van der Waals surface area contributed by atoms with Gasteiger partial charge in [0.15, 0.2) is 5.60 Å². The summed E-state index contributed by atoms with van der Waals surface area (Å²) >= 11 is 6.08. The van der Waals surface area contributed by atoms with Crippen LogP contribution in [0.1, 0.15) is 59.7 Å². The standard InChI is InChI=1S/C33H36F2N2O3S/c1-20-21(2)31-28(22(3)30(20)39-23(4)38)14-15-33(5,40-31)32(41)37-18-16-36(17-19-37)29(24-6-10-26(34)11-7-24)25-8-12-27(35)13-9-25/h6-13,29H,14-19H2,1-5H3. The van der Waals surface area contributed by atoms with Gasteiger partial charge in [-0.3, -0.25) is 9.69 Å². The molecule has 1 unspecified atom stereocenters. The van der Waals surface area contributed by atoms with Gasteiger partial charge in [-0.25, -0.2) is 8.78 Å². The molecule has 0 spiro atoms. The highest BCUT2D eigenvalue weighted by molar-refractivity contribution is 7.80. The highest BCUT2D eigenvalue weighted by Crippen LogP contribution is 2.44. The lowest BCUT2D eigenvalue weighted by Gasteiger charge is -2.46. The molecule has 5 nitrogen and oxygen atoms in total. The van der Waals surface area contributed by atoms with E-state index < -0.39 is 5.60 Å². The highest BCUT2D eigenvalue weighted by Gasteiger charge is 2.41. The second-order valence-electron chi connectivity index (χ2n) is 11.3. The predicted molar refractivity (Wildman–Crippen MR) is 160 cm³/mol. The van der Waals surface area contributed by atoms with Crippen molar-refractivity contribution >= 4 is 23.2 Å². The minimum Gasteiger partial charge on any atom is -0.480 e. The molecule has 0 amide bonds. The van der Waals surface area contributed by atoms with Crippen molar-refractivity contribution in [2.75, 3.05) is 26.2 Å². The number of ether oxygens (including phenoxy) is 2. The number of fused-ring (bicyclic) bond motifs is 1. The lowest BCUT2D eigenvalue weighted by atomic mass is 9.86. The summed E-state index contributed by atoms with van der Waals surface area (Å²) < 4.78 is 39.7. The fraction of sp³-hybridized carbons (Fsp3) is 0.394. The van der Waals surface area contributed by atoms with E-state index in [0.717, 1.165) is 70.0 Å². The van der Waals surface area contributed by atoms with Crippen molar-refractivity contribution in [3.8, 4) is 11.5 Å². The Bertz CT molecular complexity index is 1420. The first kappa shape index (κ1) is 29.1. The van der Waals surface area contributed by atoms with E-state index >= 15 is 0 Å². The fourth-order valence-electron chi connectivity index (χ4n) is 6.10. The Morgan fingerprint density at radius 1 is 0.902 bits per heavy atom. The van der Waals surface area contributed by atoms with Crippen molar-refractivity contribution in [1.29, 1.82) is 0 Å². The van der Waals surface area contributed by atoms with E-state index in [9.17, 15) is 13.6 Å². The average molecular weight is 579 g/mol. The molecule has 3 aromatic carbocycles. The molecule has 1 fully saturated rings. The van der Waals surface area contributed by atoms with Crippen LogP contribution < -0.4 is 9.47 Å². The smallest absolute Gasteiger partial charge is 0.308 e. The Labute approximate surface area is 246 Å². The van der Waals surface area contributed by atoms with Crippen LogP contribution in [-0.4, -0.2) is 52.5 Å². The van der Waals surface area contributed by atoms with Gasteiger partial charge in [0.2, 0.25) is 0 Å². The molecular weight excluding hydrogens is 542 g/mol. The normalized spacial score (nSPS) is 19.1. The number of esters is 1. The van der Waals surface area contributed by atoms with Gasteiger partial charge in [-0.05, 0) is 92.6 Å². The summed E-state index contributed by atoms with van der Waals surface area (Å²) in [7, 11) is 0. The van der Waals surface area contributed by atoms with Crippen molar-refractivity contribution in [2.45, 2.75) is 59.1 Å². The topological polar surface area (TPSA) is 42.0 Å². The third kappa shape index (κ3) is 5.72. The van der Waals surface area contributed by atoms with Gasteiger partial charge >= 0.3 is 5.97 Å². The van der Waals surface area contributed by atoms with Crippen LogP contribution in [-0.2, 0) is 11.2 Å². The van der Waals surface area contributed by atoms with Crippen molar-refractivity contribution in [2.24, 2.45) is 0 Å². The number of nitrogens with zero attached hydrogens (tertiary/aromatic N) is 2. The van der Waals surface area contributed by atoms with Crippen LogP contribution in [0.25, 0.3) is 0 Å². The first-order chi connectivity index (χ1) is 19.5. The van der Waals surface area contributed by atoms with E-state index in [2.05, 4.69) is 16.7 Å². The molecule has 1 saturated heterocycles. The van der Waals surface area contributed by atoms with Crippen molar-refractivity contribution in [1.82, 2.24) is 9.80 Å². The molecule has 5 rings (SSSR count). The molecule has 0 saturated carbocycles. The molecule has 0 N–H and O–H groups in total. The van der Waals surface area contributed by atoms with Crippen molar-refractivity contribution in [3.05, 3.63) is 93.5 Å². The molecule has 3 aromatic rings. The summed E-state index contributed by atoms with van der Waals surface area (Å²) in [6, 6.07) is 13.0.